The number of piperidine rings is 1. The Hall–Kier alpha value is -1.61. The van der Waals surface area contributed by atoms with E-state index in [0.29, 0.717) is 5.92 Å². The summed E-state index contributed by atoms with van der Waals surface area (Å²) in [5.74, 6) is 1.69. The fourth-order valence-corrected chi connectivity index (χ4v) is 2.82. The number of nitrogens with two attached hydrogens (primary N) is 1. The smallest absolute Gasteiger partial charge is 0.129 e. The highest BCUT2D eigenvalue weighted by atomic mass is 15.2. The quantitative estimate of drug-likeness (QED) is 0.833. The zero-order valence-corrected chi connectivity index (χ0v) is 10.7. The number of pyridine rings is 1. The lowest BCUT2D eigenvalue weighted by Gasteiger charge is -2.35. The molecule has 1 aromatic heterocycles. The van der Waals surface area contributed by atoms with Crippen molar-refractivity contribution in [3.05, 3.63) is 36.4 Å². The molecule has 0 spiro atoms. The molecule has 1 fully saturated rings. The highest BCUT2D eigenvalue weighted by molar-refractivity contribution is 5.80. The van der Waals surface area contributed by atoms with Gasteiger partial charge in [-0.15, -0.1) is 0 Å². The fraction of sp³-hybridized carbons (Fsp3) is 0.400. The van der Waals surface area contributed by atoms with Gasteiger partial charge in [0.1, 0.15) is 5.82 Å². The SMILES string of the molecule is CC1CC(N)CN(c2ccc3ccccc3n2)C1. The van der Waals surface area contributed by atoms with Gasteiger partial charge in [0.15, 0.2) is 0 Å². The molecule has 0 radical (unpaired) electrons. The van der Waals surface area contributed by atoms with Crippen molar-refractivity contribution in [2.24, 2.45) is 11.7 Å². The molecule has 2 aromatic rings. The van der Waals surface area contributed by atoms with Gasteiger partial charge in [-0.25, -0.2) is 4.98 Å². The first-order chi connectivity index (χ1) is 8.72. The lowest BCUT2D eigenvalue weighted by Crippen LogP contribution is -2.46. The maximum absolute atomic E-state index is 6.10. The second kappa shape index (κ2) is 4.58. The van der Waals surface area contributed by atoms with Crippen LogP contribution in [0.25, 0.3) is 10.9 Å². The van der Waals surface area contributed by atoms with Crippen LogP contribution in [0.4, 0.5) is 5.82 Å². The molecule has 2 heterocycles. The molecule has 1 aromatic carbocycles. The van der Waals surface area contributed by atoms with Gasteiger partial charge < -0.3 is 10.6 Å². The maximum atomic E-state index is 6.10. The number of hydrogen-bond acceptors (Lipinski definition) is 3. The molecule has 3 heteroatoms. The number of fused-ring (bicyclic) bond motifs is 1. The van der Waals surface area contributed by atoms with E-state index in [1.54, 1.807) is 0 Å². The molecule has 1 saturated heterocycles. The Bertz CT molecular complexity index is 542. The van der Waals surface area contributed by atoms with Crippen molar-refractivity contribution >= 4 is 16.7 Å². The molecule has 0 aliphatic carbocycles. The first kappa shape index (κ1) is 11.5. The number of rotatable bonds is 1. The summed E-state index contributed by atoms with van der Waals surface area (Å²) < 4.78 is 0. The number of benzene rings is 1. The van der Waals surface area contributed by atoms with Crippen molar-refractivity contribution in [2.75, 3.05) is 18.0 Å². The minimum atomic E-state index is 0.266. The van der Waals surface area contributed by atoms with Gasteiger partial charge in [0.05, 0.1) is 5.52 Å². The molecule has 2 N–H and O–H groups in total. The monoisotopic (exact) mass is 241 g/mol. The Morgan fingerprint density at radius 2 is 2.00 bits per heavy atom. The number of para-hydroxylation sites is 1. The predicted molar refractivity (Wildman–Crippen MR) is 75.7 cm³/mol. The van der Waals surface area contributed by atoms with Gasteiger partial charge in [-0.2, -0.15) is 0 Å². The Labute approximate surface area is 108 Å². The summed E-state index contributed by atoms with van der Waals surface area (Å²) >= 11 is 0. The molecule has 18 heavy (non-hydrogen) atoms. The van der Waals surface area contributed by atoms with Crippen LogP contribution >= 0.6 is 0 Å². The van der Waals surface area contributed by atoms with Crippen LogP contribution < -0.4 is 10.6 Å². The molecule has 2 atom stereocenters. The number of hydrogen-bond donors (Lipinski definition) is 1. The van der Waals surface area contributed by atoms with Crippen molar-refractivity contribution in [1.29, 1.82) is 0 Å². The van der Waals surface area contributed by atoms with Crippen LogP contribution in [0.2, 0.25) is 0 Å². The van der Waals surface area contributed by atoms with Gasteiger partial charge in [-0.1, -0.05) is 25.1 Å². The van der Waals surface area contributed by atoms with Gasteiger partial charge >= 0.3 is 0 Å². The second-order valence-electron chi connectivity index (χ2n) is 5.37. The Morgan fingerprint density at radius 3 is 2.83 bits per heavy atom. The second-order valence-corrected chi connectivity index (χ2v) is 5.37. The predicted octanol–water partition coefficient (Wildman–Crippen LogP) is 2.41. The molecule has 1 aliphatic heterocycles. The number of aromatic nitrogens is 1. The first-order valence-corrected chi connectivity index (χ1v) is 6.58. The van der Waals surface area contributed by atoms with Crippen LogP contribution in [0, 0.1) is 5.92 Å². The van der Waals surface area contributed by atoms with Gasteiger partial charge in [0, 0.05) is 24.5 Å². The van der Waals surface area contributed by atoms with Crippen molar-refractivity contribution in [3.8, 4) is 0 Å². The Balaban J connectivity index is 1.93. The van der Waals surface area contributed by atoms with E-state index in [0.717, 1.165) is 30.8 Å². The van der Waals surface area contributed by atoms with Crippen LogP contribution in [0.15, 0.2) is 36.4 Å². The highest BCUT2D eigenvalue weighted by Crippen LogP contribution is 2.23. The molecule has 2 unspecified atom stereocenters. The molecule has 0 saturated carbocycles. The van der Waals surface area contributed by atoms with E-state index in [9.17, 15) is 0 Å². The summed E-state index contributed by atoms with van der Waals surface area (Å²) in [6.45, 7) is 4.22. The number of anilines is 1. The van der Waals surface area contributed by atoms with Crippen molar-refractivity contribution in [1.82, 2.24) is 4.98 Å². The van der Waals surface area contributed by atoms with E-state index in [1.165, 1.54) is 5.39 Å². The van der Waals surface area contributed by atoms with E-state index >= 15 is 0 Å². The Morgan fingerprint density at radius 1 is 1.17 bits per heavy atom. The highest BCUT2D eigenvalue weighted by Gasteiger charge is 2.22. The van der Waals surface area contributed by atoms with Crippen LogP contribution in [0.3, 0.4) is 0 Å². The molecule has 3 rings (SSSR count). The average Bonchev–Trinajstić information content (AvgIpc) is 2.37. The van der Waals surface area contributed by atoms with E-state index in [2.05, 4.69) is 36.1 Å². The van der Waals surface area contributed by atoms with Crippen LogP contribution in [-0.2, 0) is 0 Å². The summed E-state index contributed by atoms with van der Waals surface area (Å²) in [6, 6.07) is 12.7. The van der Waals surface area contributed by atoms with E-state index in [-0.39, 0.29) is 6.04 Å². The maximum Gasteiger partial charge on any atom is 0.129 e. The molecule has 94 valence electrons. The van der Waals surface area contributed by atoms with Crippen LogP contribution in [-0.4, -0.2) is 24.1 Å². The standard InChI is InChI=1S/C15H19N3/c1-11-8-13(16)10-18(9-11)15-7-6-12-4-2-3-5-14(12)17-15/h2-7,11,13H,8-10,16H2,1H3. The summed E-state index contributed by atoms with van der Waals surface area (Å²) in [5.41, 5.74) is 7.15. The lowest BCUT2D eigenvalue weighted by molar-refractivity contribution is 0.400. The summed E-state index contributed by atoms with van der Waals surface area (Å²) in [6.07, 6.45) is 1.12. The Kier molecular flexibility index (Phi) is 2.92. The molecular formula is C15H19N3. The van der Waals surface area contributed by atoms with Gasteiger partial charge in [0.25, 0.3) is 0 Å². The summed E-state index contributed by atoms with van der Waals surface area (Å²) in [7, 11) is 0. The number of nitrogens with zero attached hydrogens (tertiary/aromatic N) is 2. The third-order valence-electron chi connectivity index (χ3n) is 3.60. The first-order valence-electron chi connectivity index (χ1n) is 6.58. The van der Waals surface area contributed by atoms with E-state index in [4.69, 9.17) is 10.7 Å². The van der Waals surface area contributed by atoms with Gasteiger partial charge in [0.2, 0.25) is 0 Å². The third-order valence-corrected chi connectivity index (χ3v) is 3.60. The third kappa shape index (κ3) is 2.18. The topological polar surface area (TPSA) is 42.1 Å². The largest absolute Gasteiger partial charge is 0.355 e. The molecule has 0 amide bonds. The molecular weight excluding hydrogens is 222 g/mol. The molecule has 1 aliphatic rings. The van der Waals surface area contributed by atoms with Gasteiger partial charge in [-0.05, 0) is 30.5 Å². The molecule has 3 nitrogen and oxygen atoms in total. The summed E-state index contributed by atoms with van der Waals surface area (Å²) in [5, 5.41) is 1.19. The van der Waals surface area contributed by atoms with Crippen molar-refractivity contribution in [3.63, 3.8) is 0 Å². The zero-order valence-electron chi connectivity index (χ0n) is 10.7. The normalized spacial score (nSPS) is 24.4. The van der Waals surface area contributed by atoms with Crippen molar-refractivity contribution in [2.45, 2.75) is 19.4 Å². The summed E-state index contributed by atoms with van der Waals surface area (Å²) in [4.78, 5) is 7.05. The minimum Gasteiger partial charge on any atom is -0.355 e. The van der Waals surface area contributed by atoms with Crippen LogP contribution in [0.5, 0.6) is 0 Å². The van der Waals surface area contributed by atoms with Crippen molar-refractivity contribution < 1.29 is 0 Å². The lowest BCUT2D eigenvalue weighted by atomic mass is 9.96. The van der Waals surface area contributed by atoms with E-state index in [1.807, 2.05) is 12.1 Å². The van der Waals surface area contributed by atoms with E-state index < -0.39 is 0 Å². The molecule has 0 bridgehead atoms. The minimum absolute atomic E-state index is 0.266. The average molecular weight is 241 g/mol. The fourth-order valence-electron chi connectivity index (χ4n) is 2.82. The van der Waals surface area contributed by atoms with Gasteiger partial charge in [-0.3, -0.25) is 0 Å². The zero-order chi connectivity index (χ0) is 12.5. The van der Waals surface area contributed by atoms with Crippen LogP contribution in [0.1, 0.15) is 13.3 Å².